The van der Waals surface area contributed by atoms with Crippen LogP contribution >= 0.6 is 27.7 Å². The van der Waals surface area contributed by atoms with Crippen molar-refractivity contribution < 1.29 is 13.9 Å². The molecule has 1 aliphatic heterocycles. The smallest absolute Gasteiger partial charge is 0.247 e. The van der Waals surface area contributed by atoms with Gasteiger partial charge in [-0.2, -0.15) is 4.98 Å². The fourth-order valence-electron chi connectivity index (χ4n) is 3.58. The molecule has 0 bridgehead atoms. The molecule has 2 aromatic heterocycles. The highest BCUT2D eigenvalue weighted by molar-refractivity contribution is 9.10. The molecule has 0 spiro atoms. The molecule has 0 radical (unpaired) electrons. The highest BCUT2D eigenvalue weighted by Crippen LogP contribution is 2.44. The maximum absolute atomic E-state index is 12.8. The molecular weight excluding hydrogens is 492 g/mol. The van der Waals surface area contributed by atoms with E-state index in [0.29, 0.717) is 39.5 Å². The zero-order valence-corrected chi connectivity index (χ0v) is 19.6. The largest absolute Gasteiger partial charge is 0.455 e. The average molecular weight is 509 g/mol. The summed E-state index contributed by atoms with van der Waals surface area (Å²) in [5.41, 5.74) is 2.76. The number of aromatic nitrogens is 3. The molecule has 1 aliphatic rings. The number of amides is 1. The van der Waals surface area contributed by atoms with Crippen molar-refractivity contribution in [1.29, 1.82) is 0 Å². The van der Waals surface area contributed by atoms with Crippen LogP contribution in [0.4, 0.5) is 5.69 Å². The lowest BCUT2D eigenvalue weighted by Gasteiger charge is -2.28. The predicted octanol–water partition coefficient (Wildman–Crippen LogP) is 5.73. The van der Waals surface area contributed by atoms with E-state index >= 15 is 0 Å². The number of fused-ring (bicyclic) bond motifs is 3. The number of anilines is 1. The number of nitrogens with zero attached hydrogens (tertiary/aromatic N) is 4. The van der Waals surface area contributed by atoms with Crippen LogP contribution < -0.4 is 9.64 Å². The maximum Gasteiger partial charge on any atom is 0.247 e. The first-order chi connectivity index (χ1) is 15.5. The first-order valence-corrected chi connectivity index (χ1v) is 11.8. The number of benzene rings is 2. The van der Waals surface area contributed by atoms with Crippen molar-refractivity contribution in [3.05, 3.63) is 70.9 Å². The van der Waals surface area contributed by atoms with Gasteiger partial charge >= 0.3 is 0 Å². The van der Waals surface area contributed by atoms with E-state index in [2.05, 4.69) is 31.1 Å². The number of halogens is 1. The highest BCUT2D eigenvalue weighted by Gasteiger charge is 2.36. The van der Waals surface area contributed by atoms with Crippen LogP contribution in [0.3, 0.4) is 0 Å². The number of furan rings is 1. The van der Waals surface area contributed by atoms with Gasteiger partial charge in [-0.15, -0.1) is 10.2 Å². The molecule has 7 nitrogen and oxygen atoms in total. The number of ether oxygens (including phenoxy) is 1. The van der Waals surface area contributed by atoms with E-state index in [9.17, 15) is 4.79 Å². The Kier molecular flexibility index (Phi) is 5.44. The summed E-state index contributed by atoms with van der Waals surface area (Å²) in [5.74, 6) is 1.25. The average Bonchev–Trinajstić information content (AvgIpc) is 3.24. The summed E-state index contributed by atoms with van der Waals surface area (Å²) in [4.78, 5) is 18.9. The first-order valence-electron chi connectivity index (χ1n) is 9.75. The van der Waals surface area contributed by atoms with Gasteiger partial charge in [-0.1, -0.05) is 58.0 Å². The molecule has 4 aromatic rings. The minimum absolute atomic E-state index is 0.199. The Hall–Kier alpha value is -3.17. The van der Waals surface area contributed by atoms with E-state index in [1.807, 2.05) is 66.9 Å². The molecular formula is C23H17BrN4O3S. The zero-order chi connectivity index (χ0) is 22.2. The van der Waals surface area contributed by atoms with E-state index in [-0.39, 0.29) is 5.91 Å². The summed E-state index contributed by atoms with van der Waals surface area (Å²) in [7, 11) is 0. The van der Waals surface area contributed by atoms with Crippen molar-refractivity contribution in [3.8, 4) is 28.5 Å². The van der Waals surface area contributed by atoms with Crippen molar-refractivity contribution in [2.24, 2.45) is 0 Å². The zero-order valence-electron chi connectivity index (χ0n) is 17.2. The Morgan fingerprint density at radius 3 is 2.59 bits per heavy atom. The fourth-order valence-corrected chi connectivity index (χ4v) is 4.14. The van der Waals surface area contributed by atoms with Gasteiger partial charge in [0.15, 0.2) is 11.5 Å². The Bertz CT molecular complexity index is 1310. The molecule has 0 N–H and O–H groups in total. The van der Waals surface area contributed by atoms with Crippen LogP contribution in [0.2, 0.25) is 0 Å². The summed E-state index contributed by atoms with van der Waals surface area (Å²) < 4.78 is 13.4. The van der Waals surface area contributed by atoms with Crippen molar-refractivity contribution in [1.82, 2.24) is 15.2 Å². The highest BCUT2D eigenvalue weighted by atomic mass is 79.9. The summed E-state index contributed by atoms with van der Waals surface area (Å²) >= 11 is 4.81. The Balaban J connectivity index is 1.66. The number of para-hydroxylation sites is 1. The maximum atomic E-state index is 12.8. The van der Waals surface area contributed by atoms with Gasteiger partial charge < -0.3 is 9.15 Å². The Morgan fingerprint density at radius 2 is 1.84 bits per heavy atom. The van der Waals surface area contributed by atoms with Crippen molar-refractivity contribution >= 4 is 39.3 Å². The van der Waals surface area contributed by atoms with Crippen LogP contribution in [-0.4, -0.2) is 27.3 Å². The van der Waals surface area contributed by atoms with Crippen LogP contribution in [0.1, 0.15) is 18.9 Å². The second kappa shape index (κ2) is 8.40. The second-order valence-electron chi connectivity index (χ2n) is 7.04. The summed E-state index contributed by atoms with van der Waals surface area (Å²) in [6.07, 6.45) is 1.01. The first kappa shape index (κ1) is 20.7. The summed E-state index contributed by atoms with van der Waals surface area (Å²) in [6, 6.07) is 18.9. The molecule has 0 unspecified atom stereocenters. The van der Waals surface area contributed by atoms with E-state index in [1.54, 1.807) is 4.90 Å². The van der Waals surface area contributed by atoms with Gasteiger partial charge in [0.25, 0.3) is 0 Å². The lowest BCUT2D eigenvalue weighted by Crippen LogP contribution is -2.35. The SMILES string of the molecule is CSc1nnc2c(n1)O[C@@H](c1ccc(-c3ccc(Br)cc3)o1)N(C(C)=O)c1ccccc1-2. The molecule has 0 saturated heterocycles. The monoisotopic (exact) mass is 508 g/mol. The van der Waals surface area contributed by atoms with Crippen LogP contribution in [0, 0.1) is 0 Å². The molecule has 1 amide bonds. The van der Waals surface area contributed by atoms with Crippen LogP contribution in [-0.2, 0) is 4.79 Å². The Morgan fingerprint density at radius 1 is 1.06 bits per heavy atom. The number of hydrogen-bond donors (Lipinski definition) is 0. The van der Waals surface area contributed by atoms with Gasteiger partial charge in [-0.25, -0.2) is 0 Å². The van der Waals surface area contributed by atoms with E-state index < -0.39 is 6.23 Å². The number of carbonyl (C=O) groups is 1. The third-order valence-electron chi connectivity index (χ3n) is 5.03. The molecule has 0 saturated carbocycles. The topological polar surface area (TPSA) is 81.3 Å². The van der Waals surface area contributed by atoms with Gasteiger partial charge in [0.05, 0.1) is 5.69 Å². The molecule has 3 heterocycles. The van der Waals surface area contributed by atoms with Crippen molar-refractivity contribution in [2.75, 3.05) is 11.2 Å². The minimum atomic E-state index is -0.856. The second-order valence-corrected chi connectivity index (χ2v) is 8.73. The molecule has 0 aliphatic carbocycles. The lowest BCUT2D eigenvalue weighted by atomic mass is 10.1. The molecule has 9 heteroatoms. The van der Waals surface area contributed by atoms with Crippen molar-refractivity contribution in [2.45, 2.75) is 18.3 Å². The van der Waals surface area contributed by atoms with Gasteiger partial charge in [0.2, 0.25) is 23.2 Å². The molecule has 5 rings (SSSR count). The molecule has 2 aromatic carbocycles. The van der Waals surface area contributed by atoms with Crippen LogP contribution in [0.5, 0.6) is 5.88 Å². The van der Waals surface area contributed by atoms with Crippen molar-refractivity contribution in [3.63, 3.8) is 0 Å². The minimum Gasteiger partial charge on any atom is -0.455 e. The fraction of sp³-hybridized carbons (Fsp3) is 0.130. The molecule has 0 fully saturated rings. The summed E-state index contributed by atoms with van der Waals surface area (Å²) in [6.45, 7) is 1.49. The quantitative estimate of drug-likeness (QED) is 0.327. The van der Waals surface area contributed by atoms with Gasteiger partial charge in [-0.05, 0) is 36.6 Å². The van der Waals surface area contributed by atoms with Gasteiger partial charge in [0, 0.05) is 22.5 Å². The normalized spacial score (nSPS) is 14.8. The predicted molar refractivity (Wildman–Crippen MR) is 125 cm³/mol. The van der Waals surface area contributed by atoms with Gasteiger partial charge in [0.1, 0.15) is 5.76 Å². The Labute approximate surface area is 197 Å². The van der Waals surface area contributed by atoms with Gasteiger partial charge in [-0.3, -0.25) is 9.69 Å². The van der Waals surface area contributed by atoms with E-state index in [0.717, 1.165) is 10.0 Å². The van der Waals surface area contributed by atoms with Crippen LogP contribution in [0.15, 0.2) is 74.7 Å². The number of thioether (sulfide) groups is 1. The molecule has 1 atom stereocenters. The number of hydrogen-bond acceptors (Lipinski definition) is 7. The standard InChI is InChI=1S/C23H17BrN4O3S/c1-13(29)28-17-6-4-3-5-16(17)20-21(25-23(32-2)27-26-20)31-22(28)19-12-11-18(30-19)14-7-9-15(24)10-8-14/h3-12,22H,1-2H3/t22-/m0/s1. The van der Waals surface area contributed by atoms with E-state index in [1.165, 1.54) is 18.7 Å². The number of rotatable bonds is 3. The third-order valence-corrected chi connectivity index (χ3v) is 6.10. The molecule has 32 heavy (non-hydrogen) atoms. The third kappa shape index (κ3) is 3.67. The van der Waals surface area contributed by atoms with E-state index in [4.69, 9.17) is 9.15 Å². The van der Waals surface area contributed by atoms with Crippen LogP contribution in [0.25, 0.3) is 22.6 Å². The lowest BCUT2D eigenvalue weighted by molar-refractivity contribution is -0.118. The molecule has 160 valence electrons. The number of carbonyl (C=O) groups excluding carboxylic acids is 1. The summed E-state index contributed by atoms with van der Waals surface area (Å²) in [5, 5.41) is 8.98.